The topological polar surface area (TPSA) is 29.5 Å². The van der Waals surface area contributed by atoms with Gasteiger partial charge in [0.2, 0.25) is 0 Å². The highest BCUT2D eigenvalue weighted by Gasteiger charge is 2.25. The lowest BCUT2D eigenvalue weighted by Gasteiger charge is -2.26. The van der Waals surface area contributed by atoms with Crippen LogP contribution in [-0.2, 0) is 9.53 Å². The third-order valence-corrected chi connectivity index (χ3v) is 1.98. The molecule has 1 unspecified atom stereocenters. The maximum absolute atomic E-state index is 11.5. The average molecular weight is 201 g/mol. The Morgan fingerprint density at radius 1 is 1.36 bits per heavy atom. The molecule has 0 saturated heterocycles. The summed E-state index contributed by atoms with van der Waals surface area (Å²) >= 11 is 0. The fourth-order valence-corrected chi connectivity index (χ4v) is 1.57. The monoisotopic (exact) mass is 201 g/mol. The van der Waals surface area contributed by atoms with Gasteiger partial charge < -0.3 is 9.64 Å². The number of hydrogen-bond donors (Lipinski definition) is 0. The molecule has 0 aromatic rings. The van der Waals surface area contributed by atoms with Crippen LogP contribution in [0.4, 0.5) is 0 Å². The van der Waals surface area contributed by atoms with Gasteiger partial charge in [-0.2, -0.15) is 0 Å². The van der Waals surface area contributed by atoms with E-state index in [1.807, 2.05) is 19.0 Å². The number of rotatable bonds is 4. The number of hydrogen-bond acceptors (Lipinski definition) is 3. The van der Waals surface area contributed by atoms with Gasteiger partial charge in [-0.3, -0.25) is 4.79 Å². The summed E-state index contributed by atoms with van der Waals surface area (Å²) in [6.45, 7) is 7.17. The third-order valence-electron chi connectivity index (χ3n) is 1.98. The number of esters is 1. The second kappa shape index (κ2) is 5.35. The zero-order valence-electron chi connectivity index (χ0n) is 10.3. The second-order valence-corrected chi connectivity index (χ2v) is 5.25. The highest BCUT2D eigenvalue weighted by Crippen LogP contribution is 2.25. The standard InChI is InChI=1S/C11H23NO2/c1-11(2,3)7-9(8-12(4)5)10(13)14-6/h9H,7-8H2,1-6H3. The molecule has 0 radical (unpaired) electrons. The van der Waals surface area contributed by atoms with E-state index in [1.165, 1.54) is 7.11 Å². The van der Waals surface area contributed by atoms with Crippen molar-refractivity contribution in [3.05, 3.63) is 0 Å². The average Bonchev–Trinajstić information content (AvgIpc) is 1.98. The maximum atomic E-state index is 11.5. The molecule has 0 fully saturated rings. The van der Waals surface area contributed by atoms with Gasteiger partial charge in [0, 0.05) is 6.54 Å². The van der Waals surface area contributed by atoms with E-state index in [1.54, 1.807) is 0 Å². The van der Waals surface area contributed by atoms with Crippen molar-refractivity contribution >= 4 is 5.97 Å². The predicted molar refractivity (Wildman–Crippen MR) is 58.1 cm³/mol. The molecule has 0 heterocycles. The van der Waals surface area contributed by atoms with E-state index in [4.69, 9.17) is 4.74 Å². The van der Waals surface area contributed by atoms with Gasteiger partial charge in [-0.15, -0.1) is 0 Å². The molecule has 0 bridgehead atoms. The normalized spacial score (nSPS) is 14.2. The van der Waals surface area contributed by atoms with Crippen molar-refractivity contribution in [2.45, 2.75) is 27.2 Å². The van der Waals surface area contributed by atoms with Crippen molar-refractivity contribution in [2.24, 2.45) is 11.3 Å². The van der Waals surface area contributed by atoms with Crippen molar-refractivity contribution in [1.82, 2.24) is 4.90 Å². The van der Waals surface area contributed by atoms with Crippen molar-refractivity contribution in [1.29, 1.82) is 0 Å². The van der Waals surface area contributed by atoms with Gasteiger partial charge in [-0.05, 0) is 25.9 Å². The first-order chi connectivity index (χ1) is 6.26. The van der Waals surface area contributed by atoms with Crippen molar-refractivity contribution in [3.8, 4) is 0 Å². The number of carbonyl (C=O) groups excluding carboxylic acids is 1. The Bertz CT molecular complexity index is 182. The highest BCUT2D eigenvalue weighted by atomic mass is 16.5. The minimum Gasteiger partial charge on any atom is -0.469 e. The largest absolute Gasteiger partial charge is 0.469 e. The summed E-state index contributed by atoms with van der Waals surface area (Å²) in [5.41, 5.74) is 0.162. The summed E-state index contributed by atoms with van der Waals surface area (Å²) in [4.78, 5) is 13.5. The quantitative estimate of drug-likeness (QED) is 0.649. The molecule has 14 heavy (non-hydrogen) atoms. The zero-order chi connectivity index (χ0) is 11.4. The van der Waals surface area contributed by atoms with E-state index >= 15 is 0 Å². The summed E-state index contributed by atoms with van der Waals surface area (Å²) in [6, 6.07) is 0. The highest BCUT2D eigenvalue weighted by molar-refractivity contribution is 5.72. The molecule has 0 aromatic carbocycles. The summed E-state index contributed by atoms with van der Waals surface area (Å²) < 4.78 is 4.79. The maximum Gasteiger partial charge on any atom is 0.309 e. The first-order valence-corrected chi connectivity index (χ1v) is 4.99. The smallest absolute Gasteiger partial charge is 0.309 e. The van der Waals surface area contributed by atoms with Gasteiger partial charge >= 0.3 is 5.97 Å². The summed E-state index contributed by atoms with van der Waals surface area (Å²) in [6.07, 6.45) is 0.859. The van der Waals surface area contributed by atoms with Crippen LogP contribution in [0.1, 0.15) is 27.2 Å². The van der Waals surface area contributed by atoms with Crippen LogP contribution in [0.3, 0.4) is 0 Å². The lowest BCUT2D eigenvalue weighted by molar-refractivity contribution is -0.147. The van der Waals surface area contributed by atoms with Gasteiger partial charge in [-0.1, -0.05) is 20.8 Å². The Morgan fingerprint density at radius 2 is 1.86 bits per heavy atom. The molecular weight excluding hydrogens is 178 g/mol. The molecule has 0 amide bonds. The fourth-order valence-electron chi connectivity index (χ4n) is 1.57. The number of nitrogens with zero attached hydrogens (tertiary/aromatic N) is 1. The number of ether oxygens (including phenoxy) is 1. The molecule has 3 nitrogen and oxygen atoms in total. The first-order valence-electron chi connectivity index (χ1n) is 4.99. The molecule has 0 aromatic heterocycles. The molecule has 0 aliphatic carbocycles. The van der Waals surface area contributed by atoms with Gasteiger partial charge in [0.05, 0.1) is 13.0 Å². The number of carbonyl (C=O) groups is 1. The lowest BCUT2D eigenvalue weighted by atomic mass is 9.84. The molecule has 0 N–H and O–H groups in total. The lowest BCUT2D eigenvalue weighted by Crippen LogP contribution is -2.31. The van der Waals surface area contributed by atoms with E-state index in [-0.39, 0.29) is 17.3 Å². The van der Waals surface area contributed by atoms with E-state index < -0.39 is 0 Å². The van der Waals surface area contributed by atoms with Crippen molar-refractivity contribution in [3.63, 3.8) is 0 Å². The van der Waals surface area contributed by atoms with Gasteiger partial charge in [0.1, 0.15) is 0 Å². The molecule has 0 aliphatic heterocycles. The molecule has 3 heteroatoms. The van der Waals surface area contributed by atoms with Crippen LogP contribution in [-0.4, -0.2) is 38.6 Å². The zero-order valence-corrected chi connectivity index (χ0v) is 10.3. The van der Waals surface area contributed by atoms with Crippen LogP contribution < -0.4 is 0 Å². The Morgan fingerprint density at radius 3 is 2.14 bits per heavy atom. The van der Waals surface area contributed by atoms with Crippen LogP contribution in [0.2, 0.25) is 0 Å². The van der Waals surface area contributed by atoms with Crippen LogP contribution >= 0.6 is 0 Å². The third kappa shape index (κ3) is 5.97. The van der Waals surface area contributed by atoms with E-state index in [0.29, 0.717) is 0 Å². The molecular formula is C11H23NO2. The minimum absolute atomic E-state index is 0.0185. The Kier molecular flexibility index (Phi) is 5.13. The van der Waals surface area contributed by atoms with Gasteiger partial charge in [-0.25, -0.2) is 0 Å². The summed E-state index contributed by atoms with van der Waals surface area (Å²) in [7, 11) is 5.39. The molecule has 84 valence electrons. The van der Waals surface area contributed by atoms with Crippen molar-refractivity contribution in [2.75, 3.05) is 27.7 Å². The summed E-state index contributed by atoms with van der Waals surface area (Å²) in [5.74, 6) is -0.122. The Balaban J connectivity index is 4.33. The Hall–Kier alpha value is -0.570. The fraction of sp³-hybridized carbons (Fsp3) is 0.909. The van der Waals surface area contributed by atoms with Crippen molar-refractivity contribution < 1.29 is 9.53 Å². The predicted octanol–water partition coefficient (Wildman–Crippen LogP) is 1.77. The second-order valence-electron chi connectivity index (χ2n) is 5.25. The van der Waals surface area contributed by atoms with E-state index in [9.17, 15) is 4.79 Å². The molecule has 1 atom stereocenters. The molecule has 0 saturated carbocycles. The van der Waals surface area contributed by atoms with Gasteiger partial charge in [0.15, 0.2) is 0 Å². The summed E-state index contributed by atoms with van der Waals surface area (Å²) in [5, 5.41) is 0. The minimum atomic E-state index is -0.103. The molecule has 0 aliphatic rings. The van der Waals surface area contributed by atoms with Crippen LogP contribution in [0.15, 0.2) is 0 Å². The first kappa shape index (κ1) is 13.4. The SMILES string of the molecule is COC(=O)C(CN(C)C)CC(C)(C)C. The molecule has 0 spiro atoms. The molecule has 0 rings (SSSR count). The van der Waals surface area contributed by atoms with E-state index in [2.05, 4.69) is 20.8 Å². The van der Waals surface area contributed by atoms with Crippen LogP contribution in [0, 0.1) is 11.3 Å². The Labute approximate surface area is 87.4 Å². The van der Waals surface area contributed by atoms with E-state index in [0.717, 1.165) is 13.0 Å². The number of methoxy groups -OCH3 is 1. The van der Waals surface area contributed by atoms with Crippen LogP contribution in [0.5, 0.6) is 0 Å². The van der Waals surface area contributed by atoms with Crippen LogP contribution in [0.25, 0.3) is 0 Å². The van der Waals surface area contributed by atoms with Gasteiger partial charge in [0.25, 0.3) is 0 Å².